The fourth-order valence-corrected chi connectivity index (χ4v) is 2.46. The van der Waals surface area contributed by atoms with Gasteiger partial charge in [-0.1, -0.05) is 13.8 Å². The number of rotatable bonds is 2. The van der Waals surface area contributed by atoms with Gasteiger partial charge in [-0.3, -0.25) is 4.79 Å². The van der Waals surface area contributed by atoms with Crippen molar-refractivity contribution in [2.24, 2.45) is 11.8 Å². The van der Waals surface area contributed by atoms with Crippen LogP contribution in [0.15, 0.2) is 0 Å². The number of carbonyl (C=O) groups is 2. The third-order valence-electron chi connectivity index (χ3n) is 3.59. The van der Waals surface area contributed by atoms with Crippen molar-refractivity contribution in [3.8, 4) is 0 Å². The average Bonchev–Trinajstić information content (AvgIpc) is 2.25. The van der Waals surface area contributed by atoms with Crippen LogP contribution in [-0.2, 0) is 9.53 Å². The second-order valence-corrected chi connectivity index (χ2v) is 7.01. The quantitative estimate of drug-likeness (QED) is 0.847. The van der Waals surface area contributed by atoms with Crippen molar-refractivity contribution in [1.82, 2.24) is 10.2 Å². The van der Waals surface area contributed by atoms with Gasteiger partial charge in [-0.05, 0) is 39.0 Å². The van der Waals surface area contributed by atoms with Gasteiger partial charge in [-0.25, -0.2) is 4.79 Å². The van der Waals surface area contributed by atoms with Gasteiger partial charge < -0.3 is 15.0 Å². The molecule has 1 N–H and O–H groups in total. The highest BCUT2D eigenvalue weighted by Gasteiger charge is 2.31. The monoisotopic (exact) mass is 284 g/mol. The molecule has 1 fully saturated rings. The summed E-state index contributed by atoms with van der Waals surface area (Å²) in [6.45, 7) is 12.7. The van der Waals surface area contributed by atoms with Crippen molar-refractivity contribution >= 4 is 12.0 Å². The molecule has 0 saturated carbocycles. The van der Waals surface area contributed by atoms with E-state index in [1.54, 1.807) is 6.92 Å². The van der Waals surface area contributed by atoms with Crippen molar-refractivity contribution in [2.45, 2.75) is 59.6 Å². The van der Waals surface area contributed by atoms with E-state index in [9.17, 15) is 9.59 Å². The number of carbonyl (C=O) groups excluding carboxylic acids is 2. The lowest BCUT2D eigenvalue weighted by molar-refractivity contribution is -0.131. The predicted octanol–water partition coefficient (Wildman–Crippen LogP) is 2.40. The minimum Gasteiger partial charge on any atom is -0.444 e. The van der Waals surface area contributed by atoms with Crippen LogP contribution < -0.4 is 5.32 Å². The Morgan fingerprint density at radius 1 is 1.25 bits per heavy atom. The summed E-state index contributed by atoms with van der Waals surface area (Å²) >= 11 is 0. The fourth-order valence-electron chi connectivity index (χ4n) is 2.46. The Morgan fingerprint density at radius 3 is 2.30 bits per heavy atom. The van der Waals surface area contributed by atoms with Crippen LogP contribution in [-0.4, -0.2) is 41.6 Å². The number of likely N-dealkylation sites (tertiary alicyclic amines) is 1. The molecule has 0 radical (unpaired) electrons. The lowest BCUT2D eigenvalue weighted by Crippen LogP contribution is -2.53. The molecule has 1 heterocycles. The van der Waals surface area contributed by atoms with Crippen LogP contribution in [0.5, 0.6) is 0 Å². The molecular formula is C15H28N2O3. The summed E-state index contributed by atoms with van der Waals surface area (Å²) in [4.78, 5) is 25.3. The average molecular weight is 284 g/mol. The molecule has 116 valence electrons. The third kappa shape index (κ3) is 5.39. The summed E-state index contributed by atoms with van der Waals surface area (Å²) in [5.74, 6) is 0.957. The van der Waals surface area contributed by atoms with E-state index >= 15 is 0 Å². The van der Waals surface area contributed by atoms with Crippen LogP contribution >= 0.6 is 0 Å². The highest BCUT2D eigenvalue weighted by atomic mass is 16.6. The fraction of sp³-hybridized carbons (Fsp3) is 0.867. The first-order valence-corrected chi connectivity index (χ1v) is 7.33. The van der Waals surface area contributed by atoms with Crippen LogP contribution in [0.2, 0.25) is 0 Å². The third-order valence-corrected chi connectivity index (χ3v) is 3.59. The molecule has 0 aliphatic carbocycles. The van der Waals surface area contributed by atoms with E-state index in [1.165, 1.54) is 0 Å². The first-order valence-electron chi connectivity index (χ1n) is 7.33. The maximum absolute atomic E-state index is 11.8. The molecule has 5 heteroatoms. The lowest BCUT2D eigenvalue weighted by Gasteiger charge is -2.39. The second-order valence-electron chi connectivity index (χ2n) is 7.01. The van der Waals surface area contributed by atoms with Gasteiger partial charge in [0.15, 0.2) is 0 Å². The van der Waals surface area contributed by atoms with Crippen LogP contribution in [0.3, 0.4) is 0 Å². The Morgan fingerprint density at radius 2 is 1.85 bits per heavy atom. The molecule has 0 aromatic heterocycles. The summed E-state index contributed by atoms with van der Waals surface area (Å²) in [7, 11) is 0. The van der Waals surface area contributed by atoms with Gasteiger partial charge in [-0.2, -0.15) is 0 Å². The van der Waals surface area contributed by atoms with Crippen LogP contribution in [0.1, 0.15) is 48.0 Å². The first kappa shape index (κ1) is 16.8. The SMILES string of the molecule is CC(=O)N1CC(NC(=O)OC(C)(C)C)CC(C(C)C)C1. The molecule has 0 aromatic carbocycles. The Hall–Kier alpha value is -1.26. The van der Waals surface area contributed by atoms with Crippen molar-refractivity contribution < 1.29 is 14.3 Å². The molecule has 2 unspecified atom stereocenters. The van der Waals surface area contributed by atoms with Crippen molar-refractivity contribution in [3.63, 3.8) is 0 Å². The Bertz CT molecular complexity index is 361. The van der Waals surface area contributed by atoms with Gasteiger partial charge >= 0.3 is 6.09 Å². The smallest absolute Gasteiger partial charge is 0.407 e. The van der Waals surface area contributed by atoms with Crippen LogP contribution in [0, 0.1) is 11.8 Å². The summed E-state index contributed by atoms with van der Waals surface area (Å²) in [6.07, 6.45) is 0.483. The molecule has 5 nitrogen and oxygen atoms in total. The molecule has 1 rings (SSSR count). The largest absolute Gasteiger partial charge is 0.444 e. The Labute approximate surface area is 122 Å². The zero-order valence-corrected chi connectivity index (χ0v) is 13.5. The van der Waals surface area contributed by atoms with Gasteiger partial charge in [-0.15, -0.1) is 0 Å². The normalized spacial score (nSPS) is 23.6. The van der Waals surface area contributed by atoms with E-state index in [-0.39, 0.29) is 11.9 Å². The molecule has 0 aromatic rings. The van der Waals surface area contributed by atoms with Crippen LogP contribution in [0.4, 0.5) is 4.79 Å². The zero-order chi connectivity index (χ0) is 15.5. The molecule has 0 bridgehead atoms. The molecular weight excluding hydrogens is 256 g/mol. The van der Waals surface area contributed by atoms with Gasteiger partial charge in [0.2, 0.25) is 5.91 Å². The number of ether oxygens (including phenoxy) is 1. The number of piperidine rings is 1. The number of nitrogens with one attached hydrogen (secondary N) is 1. The summed E-state index contributed by atoms with van der Waals surface area (Å²) in [5, 5.41) is 2.89. The van der Waals surface area contributed by atoms with Gasteiger partial charge in [0.1, 0.15) is 5.60 Å². The van der Waals surface area contributed by atoms with E-state index in [2.05, 4.69) is 19.2 Å². The minimum absolute atomic E-state index is 0.0325. The van der Waals surface area contributed by atoms with E-state index < -0.39 is 11.7 Å². The number of nitrogens with zero attached hydrogens (tertiary/aromatic N) is 1. The number of hydrogen-bond donors (Lipinski definition) is 1. The number of amides is 2. The molecule has 1 saturated heterocycles. The molecule has 0 spiro atoms. The van der Waals surface area contributed by atoms with E-state index in [0.29, 0.717) is 18.4 Å². The highest BCUT2D eigenvalue weighted by molar-refractivity contribution is 5.73. The minimum atomic E-state index is -0.504. The lowest BCUT2D eigenvalue weighted by atomic mass is 9.85. The maximum atomic E-state index is 11.8. The highest BCUT2D eigenvalue weighted by Crippen LogP contribution is 2.24. The number of alkyl carbamates (subject to hydrolysis) is 1. The number of hydrogen-bond acceptors (Lipinski definition) is 3. The molecule has 2 atom stereocenters. The van der Waals surface area contributed by atoms with E-state index in [1.807, 2.05) is 25.7 Å². The molecule has 2 amide bonds. The predicted molar refractivity (Wildman–Crippen MR) is 78.4 cm³/mol. The van der Waals surface area contributed by atoms with Crippen molar-refractivity contribution in [2.75, 3.05) is 13.1 Å². The van der Waals surface area contributed by atoms with Gasteiger partial charge in [0, 0.05) is 20.0 Å². The topological polar surface area (TPSA) is 58.6 Å². The molecule has 1 aliphatic heterocycles. The molecule has 20 heavy (non-hydrogen) atoms. The molecule has 1 aliphatic rings. The van der Waals surface area contributed by atoms with Crippen LogP contribution in [0.25, 0.3) is 0 Å². The summed E-state index contributed by atoms with van der Waals surface area (Å²) < 4.78 is 5.28. The van der Waals surface area contributed by atoms with E-state index in [0.717, 1.165) is 13.0 Å². The zero-order valence-electron chi connectivity index (χ0n) is 13.5. The summed E-state index contributed by atoms with van der Waals surface area (Å²) in [6, 6.07) is -0.0325. The van der Waals surface area contributed by atoms with Gasteiger partial charge in [0.05, 0.1) is 6.04 Å². The second kappa shape index (κ2) is 6.46. The van der Waals surface area contributed by atoms with Gasteiger partial charge in [0.25, 0.3) is 0 Å². The standard InChI is InChI=1S/C15H28N2O3/c1-10(2)12-7-13(9-17(8-12)11(3)18)16-14(19)20-15(4,5)6/h10,12-13H,7-9H2,1-6H3,(H,16,19). The first-order chi connectivity index (χ1) is 9.08. The Balaban J connectivity index is 2.63. The van der Waals surface area contributed by atoms with E-state index in [4.69, 9.17) is 4.74 Å². The maximum Gasteiger partial charge on any atom is 0.407 e. The van der Waals surface area contributed by atoms with Crippen molar-refractivity contribution in [3.05, 3.63) is 0 Å². The Kier molecular flexibility index (Phi) is 5.42. The van der Waals surface area contributed by atoms with Crippen molar-refractivity contribution in [1.29, 1.82) is 0 Å². The summed E-state index contributed by atoms with van der Waals surface area (Å²) in [5.41, 5.74) is -0.504.